The number of Topliss-reactive ketones (excluding diaryl/α,β-unsaturated/α-hetero) is 2. The van der Waals surface area contributed by atoms with Gasteiger partial charge in [0.25, 0.3) is 0 Å². The van der Waals surface area contributed by atoms with Crippen LogP contribution < -0.4 is 9.47 Å². The Morgan fingerprint density at radius 1 is 1.20 bits per heavy atom. The molecule has 1 aromatic carbocycles. The van der Waals surface area contributed by atoms with Crippen molar-refractivity contribution < 1.29 is 38.4 Å². The third-order valence-electron chi connectivity index (χ3n) is 5.45. The van der Waals surface area contributed by atoms with Crippen molar-refractivity contribution in [2.24, 2.45) is 5.41 Å². The van der Waals surface area contributed by atoms with E-state index in [0.29, 0.717) is 5.75 Å². The lowest BCUT2D eigenvalue weighted by molar-refractivity contribution is -0.318. The number of fused-ring (bicyclic) bond motifs is 3. The minimum absolute atomic E-state index is 0.161. The number of carbonyl (C=O) groups is 2. The van der Waals surface area contributed by atoms with Gasteiger partial charge in [-0.25, -0.2) is 0 Å². The molecule has 25 heavy (non-hydrogen) atoms. The molecule has 4 rings (SSSR count). The molecule has 1 aliphatic carbocycles. The largest absolute Gasteiger partial charge is 0.497 e. The predicted molar refractivity (Wildman–Crippen MR) is 81.5 cm³/mol. The zero-order valence-corrected chi connectivity index (χ0v) is 14.2. The van der Waals surface area contributed by atoms with Crippen LogP contribution in [0.5, 0.6) is 11.5 Å². The van der Waals surface area contributed by atoms with Crippen LogP contribution in [0.2, 0.25) is 0 Å². The van der Waals surface area contributed by atoms with Crippen LogP contribution in [-0.4, -0.2) is 56.5 Å². The maximum absolute atomic E-state index is 13.4. The molecule has 0 radical (unpaired) electrons. The second kappa shape index (κ2) is 4.79. The first kappa shape index (κ1) is 16.5. The Bertz CT molecular complexity index is 804. The Labute approximate surface area is 143 Å². The smallest absolute Gasteiger partial charge is 0.225 e. The van der Waals surface area contributed by atoms with Crippen molar-refractivity contribution in [1.82, 2.24) is 0 Å². The lowest BCUT2D eigenvalue weighted by atomic mass is 9.69. The van der Waals surface area contributed by atoms with Crippen molar-refractivity contribution in [3.8, 4) is 11.5 Å². The van der Waals surface area contributed by atoms with Crippen LogP contribution >= 0.6 is 0 Å². The third-order valence-corrected chi connectivity index (χ3v) is 5.45. The lowest BCUT2D eigenvalue weighted by Crippen LogP contribution is -2.61. The number of aliphatic hydroxyl groups excluding tert-OH is 1. The van der Waals surface area contributed by atoms with E-state index in [1.54, 1.807) is 6.07 Å². The second-order valence-electron chi connectivity index (χ2n) is 6.44. The van der Waals surface area contributed by atoms with Crippen molar-refractivity contribution in [3.63, 3.8) is 0 Å². The SMILES string of the molecule is COc1cc(OC)c2c(c1)C(=O)[C@]13C(=O)CO[C@](C)(O[C@]21OC)[C@H]3O. The van der Waals surface area contributed by atoms with Crippen molar-refractivity contribution in [2.75, 3.05) is 27.9 Å². The van der Waals surface area contributed by atoms with Gasteiger partial charge in [-0.3, -0.25) is 9.59 Å². The molecular weight excluding hydrogens is 332 g/mol. The number of carbonyl (C=O) groups excluding carboxylic acids is 2. The number of hydrogen-bond acceptors (Lipinski definition) is 8. The summed E-state index contributed by atoms with van der Waals surface area (Å²) in [7, 11) is 4.19. The van der Waals surface area contributed by atoms with Gasteiger partial charge in [0, 0.05) is 18.7 Å². The van der Waals surface area contributed by atoms with Gasteiger partial charge in [-0.1, -0.05) is 0 Å². The first-order valence-electron chi connectivity index (χ1n) is 7.74. The Morgan fingerprint density at radius 2 is 1.92 bits per heavy atom. The standard InChI is InChI=1S/C17H18O8/c1-15-14(20)16(11(18)7-24-15)13(19)9-5-8(21-2)6-10(22-3)12(9)17(16,23-4)25-15/h5-6,14,20H,7H2,1-4H3/t14-,15-,16+,17-/m1/s1. The maximum Gasteiger partial charge on any atom is 0.225 e. The molecule has 4 atom stereocenters. The van der Waals surface area contributed by atoms with Crippen molar-refractivity contribution >= 4 is 11.6 Å². The van der Waals surface area contributed by atoms with Crippen LogP contribution in [0.15, 0.2) is 12.1 Å². The zero-order valence-electron chi connectivity index (χ0n) is 14.2. The van der Waals surface area contributed by atoms with Crippen molar-refractivity contribution in [3.05, 3.63) is 23.3 Å². The van der Waals surface area contributed by atoms with Gasteiger partial charge in [0.15, 0.2) is 22.8 Å². The summed E-state index contributed by atoms with van der Waals surface area (Å²) in [5.74, 6) is -3.94. The van der Waals surface area contributed by atoms with Crippen LogP contribution in [0, 0.1) is 5.41 Å². The molecule has 0 unspecified atom stereocenters. The average molecular weight is 350 g/mol. The van der Waals surface area contributed by atoms with E-state index in [4.69, 9.17) is 23.7 Å². The molecule has 2 heterocycles. The number of aliphatic hydroxyl groups is 1. The number of ether oxygens (including phenoxy) is 5. The minimum Gasteiger partial charge on any atom is -0.497 e. The molecule has 0 aromatic heterocycles. The van der Waals surface area contributed by atoms with Gasteiger partial charge >= 0.3 is 0 Å². The highest BCUT2D eigenvalue weighted by atomic mass is 16.8. The molecule has 2 bridgehead atoms. The normalized spacial score (nSPS) is 38.5. The van der Waals surface area contributed by atoms with E-state index >= 15 is 0 Å². The van der Waals surface area contributed by atoms with E-state index < -0.39 is 34.7 Å². The van der Waals surface area contributed by atoms with Gasteiger partial charge in [0.05, 0.1) is 19.8 Å². The Morgan fingerprint density at radius 3 is 2.52 bits per heavy atom. The second-order valence-corrected chi connectivity index (χ2v) is 6.44. The summed E-state index contributed by atoms with van der Waals surface area (Å²) in [6.45, 7) is 1.12. The summed E-state index contributed by atoms with van der Waals surface area (Å²) in [6, 6.07) is 3.06. The molecule has 1 aromatic rings. The van der Waals surface area contributed by atoms with E-state index in [0.717, 1.165) is 0 Å². The van der Waals surface area contributed by atoms with Gasteiger partial charge in [0.1, 0.15) is 24.2 Å². The van der Waals surface area contributed by atoms with Crippen LogP contribution in [0.4, 0.5) is 0 Å². The molecule has 0 saturated carbocycles. The summed E-state index contributed by atoms with van der Waals surface area (Å²) >= 11 is 0. The molecule has 1 spiro atoms. The highest BCUT2D eigenvalue weighted by Gasteiger charge is 2.84. The summed E-state index contributed by atoms with van der Waals surface area (Å²) in [5.41, 5.74) is -1.53. The Kier molecular flexibility index (Phi) is 3.16. The van der Waals surface area contributed by atoms with Gasteiger partial charge in [-0.2, -0.15) is 0 Å². The summed E-state index contributed by atoms with van der Waals surface area (Å²) in [4.78, 5) is 26.2. The van der Waals surface area contributed by atoms with Gasteiger partial charge < -0.3 is 28.8 Å². The number of rotatable bonds is 3. The molecule has 0 amide bonds. The Balaban J connectivity index is 2.11. The molecule has 2 saturated heterocycles. The molecule has 8 nitrogen and oxygen atoms in total. The fourth-order valence-corrected chi connectivity index (χ4v) is 4.32. The van der Waals surface area contributed by atoms with Crippen LogP contribution in [0.1, 0.15) is 22.8 Å². The topological polar surface area (TPSA) is 101 Å². The van der Waals surface area contributed by atoms with Gasteiger partial charge in [0.2, 0.25) is 5.79 Å². The monoisotopic (exact) mass is 350 g/mol. The van der Waals surface area contributed by atoms with E-state index in [9.17, 15) is 14.7 Å². The highest BCUT2D eigenvalue weighted by Crippen LogP contribution is 2.67. The molecular formula is C17H18O8. The molecule has 134 valence electrons. The van der Waals surface area contributed by atoms with Crippen LogP contribution in [0.3, 0.4) is 0 Å². The quantitative estimate of drug-likeness (QED) is 0.782. The number of methoxy groups -OCH3 is 3. The summed E-state index contributed by atoms with van der Waals surface area (Å²) < 4.78 is 27.6. The third kappa shape index (κ3) is 1.52. The summed E-state index contributed by atoms with van der Waals surface area (Å²) in [5, 5.41) is 10.9. The van der Waals surface area contributed by atoms with E-state index in [1.165, 1.54) is 34.3 Å². The molecule has 1 N–H and O–H groups in total. The molecule has 8 heteroatoms. The lowest BCUT2D eigenvalue weighted by Gasteiger charge is -2.38. The minimum atomic E-state index is -1.95. The molecule has 2 aliphatic heterocycles. The zero-order chi connectivity index (χ0) is 18.2. The number of ketones is 2. The van der Waals surface area contributed by atoms with E-state index in [2.05, 4.69) is 0 Å². The van der Waals surface area contributed by atoms with Gasteiger partial charge in [-0.05, 0) is 13.0 Å². The van der Waals surface area contributed by atoms with Crippen LogP contribution in [0.25, 0.3) is 0 Å². The Hall–Kier alpha value is -2.00. The van der Waals surface area contributed by atoms with E-state index in [1.807, 2.05) is 0 Å². The van der Waals surface area contributed by atoms with E-state index in [-0.39, 0.29) is 23.5 Å². The van der Waals surface area contributed by atoms with Gasteiger partial charge in [-0.15, -0.1) is 0 Å². The molecule has 3 aliphatic rings. The molecule has 2 fully saturated rings. The maximum atomic E-state index is 13.4. The fourth-order valence-electron chi connectivity index (χ4n) is 4.32. The first-order valence-corrected chi connectivity index (χ1v) is 7.74. The van der Waals surface area contributed by atoms with Crippen molar-refractivity contribution in [1.29, 1.82) is 0 Å². The van der Waals surface area contributed by atoms with Crippen LogP contribution in [-0.2, 0) is 24.8 Å². The highest BCUT2D eigenvalue weighted by molar-refractivity contribution is 6.21. The predicted octanol–water partition coefficient (Wildman–Crippen LogP) is 0.392. The fraction of sp³-hybridized carbons (Fsp3) is 0.529. The first-order chi connectivity index (χ1) is 11.8. The average Bonchev–Trinajstić information content (AvgIpc) is 2.90. The number of hydrogen-bond donors (Lipinski definition) is 1. The number of benzene rings is 1. The van der Waals surface area contributed by atoms with Crippen molar-refractivity contribution in [2.45, 2.75) is 24.6 Å². The summed E-state index contributed by atoms with van der Waals surface area (Å²) in [6.07, 6.45) is -1.53.